The van der Waals surface area contributed by atoms with Crippen molar-refractivity contribution in [3.8, 4) is 0 Å². The highest BCUT2D eigenvalue weighted by atomic mass is 16.3. The molecule has 1 unspecified atom stereocenters. The summed E-state index contributed by atoms with van der Waals surface area (Å²) in [5.74, 6) is 0. The van der Waals surface area contributed by atoms with Gasteiger partial charge < -0.3 is 5.11 Å². The fourth-order valence-electron chi connectivity index (χ4n) is 2.87. The molecular formula is C19H40O. The molecule has 1 atom stereocenters. The van der Waals surface area contributed by atoms with Gasteiger partial charge in [0.15, 0.2) is 0 Å². The second-order valence-corrected chi connectivity index (χ2v) is 6.89. The van der Waals surface area contributed by atoms with Crippen LogP contribution >= 0.6 is 0 Å². The smallest absolute Gasteiger partial charge is 0.0619 e. The van der Waals surface area contributed by atoms with Crippen LogP contribution in [0.25, 0.3) is 0 Å². The predicted molar refractivity (Wildman–Crippen MR) is 91.2 cm³/mol. The minimum Gasteiger partial charge on any atom is -0.390 e. The molecule has 1 heteroatoms. The molecule has 20 heavy (non-hydrogen) atoms. The van der Waals surface area contributed by atoms with E-state index in [0.29, 0.717) is 0 Å². The number of aliphatic hydroxyl groups is 1. The summed E-state index contributed by atoms with van der Waals surface area (Å²) < 4.78 is 0. The molecule has 0 heterocycles. The molecule has 0 aromatic carbocycles. The van der Waals surface area contributed by atoms with Crippen LogP contribution in [0.3, 0.4) is 0 Å². The van der Waals surface area contributed by atoms with E-state index in [1.807, 2.05) is 6.92 Å². The zero-order valence-electron chi connectivity index (χ0n) is 14.6. The molecule has 0 fully saturated rings. The molecule has 0 saturated heterocycles. The van der Waals surface area contributed by atoms with Crippen molar-refractivity contribution in [3.05, 3.63) is 0 Å². The van der Waals surface area contributed by atoms with Gasteiger partial charge in [0, 0.05) is 0 Å². The predicted octanol–water partition coefficient (Wildman–Crippen LogP) is 6.63. The largest absolute Gasteiger partial charge is 0.390 e. The lowest BCUT2D eigenvalue weighted by Crippen LogP contribution is -2.23. The van der Waals surface area contributed by atoms with E-state index in [0.717, 1.165) is 12.8 Å². The highest BCUT2D eigenvalue weighted by Crippen LogP contribution is 2.22. The van der Waals surface area contributed by atoms with E-state index in [-0.39, 0.29) is 0 Å². The van der Waals surface area contributed by atoms with E-state index in [2.05, 4.69) is 13.8 Å². The van der Waals surface area contributed by atoms with Gasteiger partial charge in [-0.15, -0.1) is 0 Å². The van der Waals surface area contributed by atoms with Crippen molar-refractivity contribution >= 4 is 0 Å². The van der Waals surface area contributed by atoms with Crippen molar-refractivity contribution in [2.45, 2.75) is 123 Å². The molecule has 0 aromatic rings. The van der Waals surface area contributed by atoms with Crippen LogP contribution in [-0.4, -0.2) is 10.7 Å². The maximum Gasteiger partial charge on any atom is 0.0619 e. The van der Waals surface area contributed by atoms with Crippen LogP contribution in [0.2, 0.25) is 0 Å². The van der Waals surface area contributed by atoms with E-state index >= 15 is 0 Å². The first-order chi connectivity index (χ1) is 9.62. The SMILES string of the molecule is CCCCCCCCCCCCC(C)(O)CCCCC. The Labute approximate surface area is 128 Å². The molecule has 0 radical (unpaired) electrons. The first-order valence-electron chi connectivity index (χ1n) is 9.34. The quantitative estimate of drug-likeness (QED) is 0.335. The molecular weight excluding hydrogens is 244 g/mol. The standard InChI is InChI=1S/C19H40O/c1-4-6-8-9-10-11-12-13-14-16-18-19(3,20)17-15-7-5-2/h20H,4-18H2,1-3H3. The minimum atomic E-state index is -0.407. The van der Waals surface area contributed by atoms with Gasteiger partial charge in [-0.3, -0.25) is 0 Å². The first-order valence-corrected chi connectivity index (χ1v) is 9.34. The zero-order valence-corrected chi connectivity index (χ0v) is 14.6. The number of hydrogen-bond acceptors (Lipinski definition) is 1. The molecule has 0 aliphatic rings. The van der Waals surface area contributed by atoms with Crippen LogP contribution in [0.1, 0.15) is 117 Å². The van der Waals surface area contributed by atoms with Gasteiger partial charge in [-0.05, 0) is 19.8 Å². The van der Waals surface area contributed by atoms with Gasteiger partial charge in [0.1, 0.15) is 0 Å². The van der Waals surface area contributed by atoms with E-state index in [9.17, 15) is 5.11 Å². The van der Waals surface area contributed by atoms with Crippen molar-refractivity contribution in [3.63, 3.8) is 0 Å². The Balaban J connectivity index is 3.25. The normalized spacial score (nSPS) is 14.4. The highest BCUT2D eigenvalue weighted by molar-refractivity contribution is 4.72. The van der Waals surface area contributed by atoms with Crippen molar-refractivity contribution in [1.29, 1.82) is 0 Å². The molecule has 122 valence electrons. The number of rotatable bonds is 15. The fraction of sp³-hybridized carbons (Fsp3) is 1.00. The monoisotopic (exact) mass is 284 g/mol. The van der Waals surface area contributed by atoms with Gasteiger partial charge >= 0.3 is 0 Å². The molecule has 0 aliphatic heterocycles. The Morgan fingerprint density at radius 1 is 0.550 bits per heavy atom. The summed E-state index contributed by atoms with van der Waals surface area (Å²) in [7, 11) is 0. The molecule has 0 spiro atoms. The van der Waals surface area contributed by atoms with Crippen molar-refractivity contribution in [1.82, 2.24) is 0 Å². The molecule has 0 aromatic heterocycles. The van der Waals surface area contributed by atoms with Crippen LogP contribution < -0.4 is 0 Å². The minimum absolute atomic E-state index is 0.407. The fourth-order valence-corrected chi connectivity index (χ4v) is 2.87. The summed E-state index contributed by atoms with van der Waals surface area (Å²) in [6.07, 6.45) is 19.4. The van der Waals surface area contributed by atoms with Crippen LogP contribution in [0.5, 0.6) is 0 Å². The maximum atomic E-state index is 10.3. The van der Waals surface area contributed by atoms with E-state index in [1.54, 1.807) is 0 Å². The Hall–Kier alpha value is -0.0400. The van der Waals surface area contributed by atoms with Gasteiger partial charge in [-0.2, -0.15) is 0 Å². The van der Waals surface area contributed by atoms with Gasteiger partial charge in [0.2, 0.25) is 0 Å². The van der Waals surface area contributed by atoms with Crippen LogP contribution in [0.15, 0.2) is 0 Å². The average molecular weight is 285 g/mol. The highest BCUT2D eigenvalue weighted by Gasteiger charge is 2.18. The summed E-state index contributed by atoms with van der Waals surface area (Å²) in [5, 5.41) is 10.3. The Morgan fingerprint density at radius 2 is 0.850 bits per heavy atom. The lowest BCUT2D eigenvalue weighted by atomic mass is 9.92. The second kappa shape index (κ2) is 13.9. The molecule has 1 nitrogen and oxygen atoms in total. The summed E-state index contributed by atoms with van der Waals surface area (Å²) >= 11 is 0. The lowest BCUT2D eigenvalue weighted by Gasteiger charge is -2.23. The first kappa shape index (κ1) is 20.0. The molecule has 0 amide bonds. The van der Waals surface area contributed by atoms with Crippen LogP contribution in [0.4, 0.5) is 0 Å². The Bertz CT molecular complexity index is 186. The third-order valence-corrected chi connectivity index (χ3v) is 4.39. The lowest BCUT2D eigenvalue weighted by molar-refractivity contribution is 0.0367. The van der Waals surface area contributed by atoms with E-state index < -0.39 is 5.60 Å². The molecule has 1 N–H and O–H groups in total. The number of hydrogen-bond donors (Lipinski definition) is 1. The third-order valence-electron chi connectivity index (χ3n) is 4.39. The summed E-state index contributed by atoms with van der Waals surface area (Å²) in [6, 6.07) is 0. The van der Waals surface area contributed by atoms with E-state index in [1.165, 1.54) is 83.5 Å². The van der Waals surface area contributed by atoms with Gasteiger partial charge in [-0.1, -0.05) is 97.3 Å². The average Bonchev–Trinajstić information content (AvgIpc) is 2.41. The van der Waals surface area contributed by atoms with Crippen LogP contribution in [-0.2, 0) is 0 Å². The second-order valence-electron chi connectivity index (χ2n) is 6.89. The van der Waals surface area contributed by atoms with Crippen molar-refractivity contribution < 1.29 is 5.11 Å². The zero-order chi connectivity index (χ0) is 15.1. The van der Waals surface area contributed by atoms with Gasteiger partial charge in [0.05, 0.1) is 5.60 Å². The Morgan fingerprint density at radius 3 is 1.30 bits per heavy atom. The van der Waals surface area contributed by atoms with Crippen molar-refractivity contribution in [2.24, 2.45) is 0 Å². The Kier molecular flexibility index (Phi) is 13.9. The summed E-state index contributed by atoms with van der Waals surface area (Å²) in [5.41, 5.74) is -0.407. The van der Waals surface area contributed by atoms with E-state index in [4.69, 9.17) is 0 Å². The van der Waals surface area contributed by atoms with Gasteiger partial charge in [0.25, 0.3) is 0 Å². The molecule has 0 aliphatic carbocycles. The van der Waals surface area contributed by atoms with Gasteiger partial charge in [-0.25, -0.2) is 0 Å². The van der Waals surface area contributed by atoms with Crippen LogP contribution in [0, 0.1) is 0 Å². The molecule has 0 bridgehead atoms. The summed E-state index contributed by atoms with van der Waals surface area (Å²) in [6.45, 7) is 6.52. The maximum absolute atomic E-state index is 10.3. The number of unbranched alkanes of at least 4 members (excludes halogenated alkanes) is 11. The third kappa shape index (κ3) is 14.4. The van der Waals surface area contributed by atoms with Crippen molar-refractivity contribution in [2.75, 3.05) is 0 Å². The molecule has 0 rings (SSSR count). The summed E-state index contributed by atoms with van der Waals surface area (Å²) in [4.78, 5) is 0. The molecule has 0 saturated carbocycles. The topological polar surface area (TPSA) is 20.2 Å².